The Morgan fingerprint density at radius 2 is 2.10 bits per heavy atom. The average molecular weight is 422 g/mol. The van der Waals surface area contributed by atoms with E-state index < -0.39 is 25.2 Å². The van der Waals surface area contributed by atoms with Crippen LogP contribution in [0.4, 0.5) is 19.0 Å². The third-order valence-electron chi connectivity index (χ3n) is 4.79. The van der Waals surface area contributed by atoms with Crippen LogP contribution in [0.3, 0.4) is 0 Å². The number of aromatic nitrogens is 2. The molecular weight excluding hydrogens is 401 g/mol. The van der Waals surface area contributed by atoms with Crippen molar-refractivity contribution in [1.82, 2.24) is 14.9 Å². The van der Waals surface area contributed by atoms with Crippen molar-refractivity contribution in [3.05, 3.63) is 46.9 Å². The summed E-state index contributed by atoms with van der Waals surface area (Å²) < 4.78 is 42.1. The van der Waals surface area contributed by atoms with Crippen molar-refractivity contribution in [1.29, 1.82) is 0 Å². The third-order valence-corrected chi connectivity index (χ3v) is 4.79. The highest BCUT2D eigenvalue weighted by atomic mass is 19.4. The Kier molecular flexibility index (Phi) is 5.95. The normalized spacial score (nSPS) is 14.5. The second kappa shape index (κ2) is 8.29. The predicted molar refractivity (Wildman–Crippen MR) is 102 cm³/mol. The number of halogens is 3. The van der Waals surface area contributed by atoms with Gasteiger partial charge in [-0.2, -0.15) is 13.2 Å². The number of anilines is 1. The van der Waals surface area contributed by atoms with E-state index in [1.807, 2.05) is 0 Å². The number of hydrogen-bond acceptors (Lipinski definition) is 5. The maximum absolute atomic E-state index is 12.9. The zero-order chi connectivity index (χ0) is 22.1. The average Bonchev–Trinajstić information content (AvgIpc) is 2.99. The molecule has 2 aromatic heterocycles. The smallest absolute Gasteiger partial charge is 0.392 e. The van der Waals surface area contributed by atoms with E-state index in [-0.39, 0.29) is 24.1 Å². The van der Waals surface area contributed by atoms with Gasteiger partial charge in [-0.15, -0.1) is 0 Å². The fraction of sp³-hybridized carbons (Fsp3) is 0.400. The molecule has 0 saturated carbocycles. The van der Waals surface area contributed by atoms with Gasteiger partial charge in [0.15, 0.2) is 0 Å². The zero-order valence-electron chi connectivity index (χ0n) is 16.7. The first-order valence-corrected chi connectivity index (χ1v) is 9.29. The number of aryl methyl sites for hydroxylation is 1. The van der Waals surface area contributed by atoms with Crippen LogP contribution in [-0.2, 0) is 11.3 Å². The molecule has 0 aliphatic carbocycles. The molecule has 3 rings (SSSR count). The van der Waals surface area contributed by atoms with Crippen LogP contribution in [0.2, 0.25) is 0 Å². The Labute approximate surface area is 171 Å². The van der Waals surface area contributed by atoms with Crippen LogP contribution >= 0.6 is 0 Å². The highest BCUT2D eigenvalue weighted by molar-refractivity contribution is 6.01. The molecule has 160 valence electrons. The van der Waals surface area contributed by atoms with Crippen molar-refractivity contribution in [2.75, 3.05) is 11.9 Å². The van der Waals surface area contributed by atoms with Crippen molar-refractivity contribution in [3.63, 3.8) is 0 Å². The quantitative estimate of drug-likeness (QED) is 0.766. The minimum atomic E-state index is -4.29. The van der Waals surface area contributed by atoms with E-state index in [0.717, 1.165) is 0 Å². The zero-order valence-corrected chi connectivity index (χ0v) is 16.7. The van der Waals surface area contributed by atoms with Gasteiger partial charge in [0, 0.05) is 24.2 Å². The first-order chi connectivity index (χ1) is 14.1. The van der Waals surface area contributed by atoms with Crippen LogP contribution < -0.4 is 10.1 Å². The van der Waals surface area contributed by atoms with E-state index in [9.17, 15) is 22.8 Å². The largest absolute Gasteiger partial charge is 0.491 e. The van der Waals surface area contributed by atoms with Gasteiger partial charge in [0.25, 0.3) is 5.91 Å². The molecule has 0 fully saturated rings. The van der Waals surface area contributed by atoms with Crippen LogP contribution in [0.25, 0.3) is 0 Å². The third kappa shape index (κ3) is 4.69. The molecule has 2 amide bonds. The lowest BCUT2D eigenvalue weighted by molar-refractivity contribution is -0.139. The summed E-state index contributed by atoms with van der Waals surface area (Å²) in [6, 6.07) is 2.89. The van der Waals surface area contributed by atoms with Crippen molar-refractivity contribution >= 4 is 17.6 Å². The number of hydrogen-bond donors (Lipinski definition) is 1. The van der Waals surface area contributed by atoms with E-state index in [0.29, 0.717) is 28.2 Å². The number of nitrogens with zero attached hydrogens (tertiary/aromatic N) is 3. The Morgan fingerprint density at radius 3 is 2.73 bits per heavy atom. The van der Waals surface area contributed by atoms with Gasteiger partial charge >= 0.3 is 6.18 Å². The van der Waals surface area contributed by atoms with Gasteiger partial charge in [-0.05, 0) is 31.5 Å². The molecule has 2 aromatic rings. The molecule has 1 aliphatic rings. The lowest BCUT2D eigenvalue weighted by atomic mass is 10.1. The van der Waals surface area contributed by atoms with E-state index in [1.165, 1.54) is 19.3 Å². The van der Waals surface area contributed by atoms with E-state index in [2.05, 4.69) is 15.3 Å². The van der Waals surface area contributed by atoms with Crippen LogP contribution in [0.1, 0.15) is 53.5 Å². The summed E-state index contributed by atoms with van der Waals surface area (Å²) in [7, 11) is 0. The van der Waals surface area contributed by atoms with E-state index in [4.69, 9.17) is 4.74 Å². The molecule has 0 aromatic carbocycles. The lowest BCUT2D eigenvalue weighted by Crippen LogP contribution is -2.28. The topological polar surface area (TPSA) is 84.4 Å². The maximum Gasteiger partial charge on any atom is 0.392 e. The van der Waals surface area contributed by atoms with Gasteiger partial charge in [-0.25, -0.2) is 4.98 Å². The molecule has 10 heteroatoms. The lowest BCUT2D eigenvalue weighted by Gasteiger charge is -2.24. The van der Waals surface area contributed by atoms with Gasteiger partial charge in [-0.3, -0.25) is 14.6 Å². The highest BCUT2D eigenvalue weighted by Gasteiger charge is 2.34. The maximum atomic E-state index is 12.9. The molecule has 3 heterocycles. The fourth-order valence-corrected chi connectivity index (χ4v) is 3.22. The molecule has 0 spiro atoms. The fourth-order valence-electron chi connectivity index (χ4n) is 3.22. The number of fused-ring (bicyclic) bond motifs is 1. The summed E-state index contributed by atoms with van der Waals surface area (Å²) in [5.74, 6) is 0.119. The summed E-state index contributed by atoms with van der Waals surface area (Å²) in [5.41, 5.74) is 2.29. The molecule has 7 nitrogen and oxygen atoms in total. The van der Waals surface area contributed by atoms with Crippen LogP contribution in [0.5, 0.6) is 5.75 Å². The van der Waals surface area contributed by atoms with Crippen molar-refractivity contribution in [3.8, 4) is 5.75 Å². The number of carbonyl (C=O) groups is 2. The van der Waals surface area contributed by atoms with Gasteiger partial charge in [0.2, 0.25) is 5.91 Å². The summed E-state index contributed by atoms with van der Waals surface area (Å²) in [4.78, 5) is 34.3. The molecule has 1 atom stereocenters. The van der Waals surface area contributed by atoms with Crippen molar-refractivity contribution in [2.45, 2.75) is 46.0 Å². The van der Waals surface area contributed by atoms with Gasteiger partial charge in [0.1, 0.15) is 11.6 Å². The van der Waals surface area contributed by atoms with Crippen LogP contribution in [0.15, 0.2) is 24.5 Å². The highest BCUT2D eigenvalue weighted by Crippen LogP contribution is 2.34. The number of pyridine rings is 2. The van der Waals surface area contributed by atoms with Crippen molar-refractivity contribution in [2.24, 2.45) is 0 Å². The molecule has 0 saturated heterocycles. The molecule has 30 heavy (non-hydrogen) atoms. The van der Waals surface area contributed by atoms with Crippen molar-refractivity contribution < 1.29 is 27.5 Å². The number of rotatable bonds is 6. The Bertz CT molecular complexity index is 978. The van der Waals surface area contributed by atoms with Gasteiger partial charge in [0.05, 0.1) is 37.5 Å². The monoisotopic (exact) mass is 422 g/mol. The Morgan fingerprint density at radius 1 is 1.37 bits per heavy atom. The number of ether oxygens (including phenoxy) is 1. The first kappa shape index (κ1) is 21.5. The molecule has 1 N–H and O–H groups in total. The minimum Gasteiger partial charge on any atom is -0.491 e. The summed E-state index contributed by atoms with van der Waals surface area (Å²) in [6.07, 6.45) is -2.50. The predicted octanol–water partition coefficient (Wildman–Crippen LogP) is 3.79. The summed E-state index contributed by atoms with van der Waals surface area (Å²) >= 11 is 0. The molecule has 0 radical (unpaired) electrons. The SMILES string of the molecule is CC(=O)Nc1nccc2c1CN(C(C)c1cc(C)c(OCCC(F)(F)F)cn1)C2=O. The van der Waals surface area contributed by atoms with E-state index >= 15 is 0 Å². The Hall–Kier alpha value is -3.17. The molecule has 1 unspecified atom stereocenters. The number of nitrogens with one attached hydrogen (secondary N) is 1. The molecule has 1 aliphatic heterocycles. The van der Waals surface area contributed by atoms with Gasteiger partial charge in [-0.1, -0.05) is 0 Å². The Balaban J connectivity index is 1.75. The minimum absolute atomic E-state index is 0.212. The van der Waals surface area contributed by atoms with E-state index in [1.54, 1.807) is 30.9 Å². The number of alkyl halides is 3. The summed E-state index contributed by atoms with van der Waals surface area (Å²) in [6.45, 7) is 4.65. The molecular formula is C20H21F3N4O3. The van der Waals surface area contributed by atoms with Gasteiger partial charge < -0.3 is 15.0 Å². The first-order valence-electron chi connectivity index (χ1n) is 9.29. The van der Waals surface area contributed by atoms with Crippen LogP contribution in [-0.4, -0.2) is 39.5 Å². The van der Waals surface area contributed by atoms with Crippen LogP contribution in [0, 0.1) is 6.92 Å². The number of amides is 2. The molecule has 0 bridgehead atoms. The second-order valence-corrected chi connectivity index (χ2v) is 7.06. The standard InChI is InChI=1S/C20H21F3N4O3/c1-11-8-16(25-9-17(11)30-7-5-20(21,22)23)12(2)27-10-15-14(19(27)29)4-6-24-18(15)26-13(3)28/h4,6,8-9,12H,5,7,10H2,1-3H3,(H,24,26,28). The summed E-state index contributed by atoms with van der Waals surface area (Å²) in [5, 5.41) is 2.63. The number of carbonyl (C=O) groups excluding carboxylic acids is 2. The second-order valence-electron chi connectivity index (χ2n) is 7.06.